The van der Waals surface area contributed by atoms with Gasteiger partial charge in [0, 0.05) is 17.8 Å². The maximum atomic E-state index is 11.2. The molecular formula is C12H8N2O4. The van der Waals surface area contributed by atoms with E-state index in [9.17, 15) is 9.90 Å². The monoisotopic (exact) mass is 244 g/mol. The average molecular weight is 244 g/mol. The first-order chi connectivity index (χ1) is 8.75. The van der Waals surface area contributed by atoms with Crippen molar-refractivity contribution in [3.05, 3.63) is 41.9 Å². The molecule has 0 aliphatic carbocycles. The molecule has 2 aromatic rings. The van der Waals surface area contributed by atoms with E-state index in [0.717, 1.165) is 0 Å². The van der Waals surface area contributed by atoms with Crippen LogP contribution in [0.25, 0.3) is 16.7 Å². The molecule has 6 nitrogen and oxygen atoms in total. The Bertz CT molecular complexity index is 666. The third-order valence-electron chi connectivity index (χ3n) is 2.58. The second kappa shape index (κ2) is 4.08. The van der Waals surface area contributed by atoms with E-state index in [2.05, 4.69) is 9.97 Å². The highest BCUT2D eigenvalue weighted by atomic mass is 17.2. The summed E-state index contributed by atoms with van der Waals surface area (Å²) in [7, 11) is 0. The first-order valence-electron chi connectivity index (χ1n) is 5.24. The van der Waals surface area contributed by atoms with Gasteiger partial charge in [0.15, 0.2) is 5.76 Å². The second-order valence-corrected chi connectivity index (χ2v) is 3.69. The Labute approximate surface area is 101 Å². The molecule has 0 bridgehead atoms. The smallest absolute Gasteiger partial charge is 0.336 e. The van der Waals surface area contributed by atoms with Crippen LogP contribution in [-0.4, -0.2) is 27.7 Å². The summed E-state index contributed by atoms with van der Waals surface area (Å²) in [5, 5.41) is 9.70. The molecule has 18 heavy (non-hydrogen) atoms. The number of fused-ring (bicyclic) bond motifs is 1. The van der Waals surface area contributed by atoms with Crippen LogP contribution >= 0.6 is 0 Å². The van der Waals surface area contributed by atoms with Crippen LogP contribution in [-0.2, 0) is 9.78 Å². The SMILES string of the molecule is O=C(O)c1cc(C2=CCOO2)nc2ccncc12. The fourth-order valence-electron chi connectivity index (χ4n) is 1.76. The molecule has 3 heterocycles. The lowest BCUT2D eigenvalue weighted by Gasteiger charge is -2.06. The van der Waals surface area contributed by atoms with Crippen LogP contribution in [0.4, 0.5) is 0 Å². The van der Waals surface area contributed by atoms with E-state index in [4.69, 9.17) is 9.78 Å². The molecule has 0 atom stereocenters. The normalized spacial score (nSPS) is 14.3. The lowest BCUT2D eigenvalue weighted by atomic mass is 10.1. The maximum Gasteiger partial charge on any atom is 0.336 e. The van der Waals surface area contributed by atoms with Crippen molar-refractivity contribution in [2.75, 3.05) is 6.61 Å². The third kappa shape index (κ3) is 1.68. The molecule has 90 valence electrons. The number of pyridine rings is 2. The van der Waals surface area contributed by atoms with Crippen molar-refractivity contribution in [2.24, 2.45) is 0 Å². The van der Waals surface area contributed by atoms with Gasteiger partial charge < -0.3 is 9.99 Å². The molecule has 2 aromatic heterocycles. The van der Waals surface area contributed by atoms with Gasteiger partial charge >= 0.3 is 5.97 Å². The van der Waals surface area contributed by atoms with Gasteiger partial charge in [-0.05, 0) is 18.2 Å². The number of aromatic nitrogens is 2. The molecule has 1 aliphatic rings. The number of carbonyl (C=O) groups is 1. The van der Waals surface area contributed by atoms with Crippen LogP contribution in [0.15, 0.2) is 30.6 Å². The van der Waals surface area contributed by atoms with Gasteiger partial charge in [0.05, 0.1) is 11.1 Å². The molecule has 0 saturated carbocycles. The minimum absolute atomic E-state index is 0.138. The zero-order chi connectivity index (χ0) is 12.5. The lowest BCUT2D eigenvalue weighted by molar-refractivity contribution is -0.209. The van der Waals surface area contributed by atoms with Crippen LogP contribution < -0.4 is 0 Å². The van der Waals surface area contributed by atoms with Gasteiger partial charge in [0.2, 0.25) is 0 Å². The quantitative estimate of drug-likeness (QED) is 0.808. The minimum atomic E-state index is -1.03. The van der Waals surface area contributed by atoms with Crippen molar-refractivity contribution < 1.29 is 19.7 Å². The van der Waals surface area contributed by atoms with Crippen molar-refractivity contribution in [2.45, 2.75) is 0 Å². The van der Waals surface area contributed by atoms with E-state index < -0.39 is 5.97 Å². The van der Waals surface area contributed by atoms with Gasteiger partial charge in [-0.3, -0.25) is 4.98 Å². The number of nitrogens with zero attached hydrogens (tertiary/aromatic N) is 2. The Morgan fingerprint density at radius 1 is 1.44 bits per heavy atom. The summed E-state index contributed by atoms with van der Waals surface area (Å²) in [6.45, 7) is 0.327. The highest BCUT2D eigenvalue weighted by Gasteiger charge is 2.17. The predicted octanol–water partition coefficient (Wildman–Crippen LogP) is 1.63. The molecular weight excluding hydrogens is 236 g/mol. The summed E-state index contributed by atoms with van der Waals surface area (Å²) in [5.41, 5.74) is 1.12. The van der Waals surface area contributed by atoms with Crippen molar-refractivity contribution in [1.29, 1.82) is 0 Å². The molecule has 3 rings (SSSR count). The number of aromatic carboxylic acids is 1. The molecule has 1 aliphatic heterocycles. The molecule has 0 saturated heterocycles. The Balaban J connectivity index is 2.26. The fourth-order valence-corrected chi connectivity index (χ4v) is 1.76. The number of carboxylic acid groups (broad SMARTS) is 1. The number of carboxylic acids is 1. The molecule has 0 spiro atoms. The third-order valence-corrected chi connectivity index (χ3v) is 2.58. The van der Waals surface area contributed by atoms with Crippen molar-refractivity contribution in [3.63, 3.8) is 0 Å². The largest absolute Gasteiger partial charge is 0.478 e. The van der Waals surface area contributed by atoms with E-state index in [-0.39, 0.29) is 5.56 Å². The Morgan fingerprint density at radius 2 is 2.33 bits per heavy atom. The number of rotatable bonds is 2. The predicted molar refractivity (Wildman–Crippen MR) is 61.5 cm³/mol. The van der Waals surface area contributed by atoms with E-state index >= 15 is 0 Å². The molecule has 0 radical (unpaired) electrons. The van der Waals surface area contributed by atoms with E-state index in [1.54, 1.807) is 18.3 Å². The van der Waals surface area contributed by atoms with Crippen molar-refractivity contribution >= 4 is 22.6 Å². The summed E-state index contributed by atoms with van der Waals surface area (Å²) in [4.78, 5) is 29.1. The maximum absolute atomic E-state index is 11.2. The summed E-state index contributed by atoms with van der Waals surface area (Å²) < 4.78 is 0. The second-order valence-electron chi connectivity index (χ2n) is 3.69. The average Bonchev–Trinajstić information content (AvgIpc) is 2.91. The molecule has 0 unspecified atom stereocenters. The first kappa shape index (κ1) is 10.7. The number of hydrogen-bond donors (Lipinski definition) is 1. The molecule has 1 N–H and O–H groups in total. The standard InChI is InChI=1S/C12H8N2O4/c15-12(16)7-5-10(11-2-4-17-18-11)14-9-1-3-13-6-8(7)9/h1-3,5-6H,4H2,(H,15,16). The van der Waals surface area contributed by atoms with Gasteiger partial charge in [-0.25, -0.2) is 9.78 Å². The molecule has 6 heteroatoms. The zero-order valence-electron chi connectivity index (χ0n) is 9.16. The zero-order valence-corrected chi connectivity index (χ0v) is 9.16. The minimum Gasteiger partial charge on any atom is -0.478 e. The fraction of sp³-hybridized carbons (Fsp3) is 0.0833. The van der Waals surface area contributed by atoms with Crippen molar-refractivity contribution in [1.82, 2.24) is 9.97 Å². The van der Waals surface area contributed by atoms with E-state index in [1.807, 2.05) is 0 Å². The van der Waals surface area contributed by atoms with Crippen LogP contribution in [0, 0.1) is 0 Å². The highest BCUT2D eigenvalue weighted by Crippen LogP contribution is 2.24. The van der Waals surface area contributed by atoms with Gasteiger partial charge in [-0.15, -0.1) is 0 Å². The van der Waals surface area contributed by atoms with Crippen LogP contribution in [0.2, 0.25) is 0 Å². The summed E-state index contributed by atoms with van der Waals surface area (Å²) in [6, 6.07) is 3.11. The Hall–Kier alpha value is -2.47. The van der Waals surface area contributed by atoms with Crippen LogP contribution in [0.5, 0.6) is 0 Å². The Kier molecular flexibility index (Phi) is 2.42. The van der Waals surface area contributed by atoms with Gasteiger partial charge in [-0.2, -0.15) is 4.89 Å². The summed E-state index contributed by atoms with van der Waals surface area (Å²) in [5.74, 6) is -0.604. The summed E-state index contributed by atoms with van der Waals surface area (Å²) in [6.07, 6.45) is 4.74. The topological polar surface area (TPSA) is 81.5 Å². The van der Waals surface area contributed by atoms with E-state index in [0.29, 0.717) is 29.0 Å². The first-order valence-corrected chi connectivity index (χ1v) is 5.24. The van der Waals surface area contributed by atoms with Crippen LogP contribution in [0.3, 0.4) is 0 Å². The number of hydrogen-bond acceptors (Lipinski definition) is 5. The van der Waals surface area contributed by atoms with Crippen LogP contribution in [0.1, 0.15) is 16.1 Å². The summed E-state index contributed by atoms with van der Waals surface area (Å²) >= 11 is 0. The lowest BCUT2D eigenvalue weighted by Crippen LogP contribution is -2.02. The van der Waals surface area contributed by atoms with Crippen molar-refractivity contribution in [3.8, 4) is 0 Å². The molecule has 0 aromatic carbocycles. The molecule has 0 fully saturated rings. The molecule has 0 amide bonds. The van der Waals surface area contributed by atoms with E-state index in [1.165, 1.54) is 12.3 Å². The Morgan fingerprint density at radius 3 is 3.06 bits per heavy atom. The van der Waals surface area contributed by atoms with Gasteiger partial charge in [-0.1, -0.05) is 0 Å². The van der Waals surface area contributed by atoms with Gasteiger partial charge in [0.25, 0.3) is 0 Å². The van der Waals surface area contributed by atoms with Gasteiger partial charge in [0.1, 0.15) is 12.3 Å². The highest BCUT2D eigenvalue weighted by molar-refractivity contribution is 6.02.